The van der Waals surface area contributed by atoms with E-state index >= 15 is 0 Å². The molecule has 7 heteroatoms. The normalized spacial score (nSPS) is 11.2. The highest BCUT2D eigenvalue weighted by molar-refractivity contribution is 9.10. The Morgan fingerprint density at radius 2 is 2.05 bits per heavy atom. The molecule has 0 aliphatic heterocycles. The minimum absolute atomic E-state index is 0.00648. The standard InChI is InChI=1S/C12H13BrClNO4/c1-12(2,3)10(16)6-19-11-8(13)4-7(14)5-9(11)15(17)18/h4-5H,6H2,1-3H3. The summed E-state index contributed by atoms with van der Waals surface area (Å²) in [6.07, 6.45) is 0. The van der Waals surface area contributed by atoms with Crippen LogP contribution in [0.3, 0.4) is 0 Å². The van der Waals surface area contributed by atoms with Gasteiger partial charge in [-0.15, -0.1) is 0 Å². The van der Waals surface area contributed by atoms with E-state index in [9.17, 15) is 14.9 Å². The van der Waals surface area contributed by atoms with Crippen LogP contribution in [0.25, 0.3) is 0 Å². The van der Waals surface area contributed by atoms with Gasteiger partial charge in [0.1, 0.15) is 6.61 Å². The van der Waals surface area contributed by atoms with E-state index in [1.165, 1.54) is 12.1 Å². The quantitative estimate of drug-likeness (QED) is 0.608. The lowest BCUT2D eigenvalue weighted by Crippen LogP contribution is -2.26. The smallest absolute Gasteiger partial charge is 0.313 e. The molecule has 0 unspecified atom stereocenters. The highest BCUT2D eigenvalue weighted by Gasteiger charge is 2.25. The number of carbonyl (C=O) groups is 1. The summed E-state index contributed by atoms with van der Waals surface area (Å²) in [7, 11) is 0. The van der Waals surface area contributed by atoms with Gasteiger partial charge in [-0.1, -0.05) is 32.4 Å². The van der Waals surface area contributed by atoms with Crippen molar-refractivity contribution < 1.29 is 14.5 Å². The maximum Gasteiger partial charge on any atom is 0.313 e. The maximum absolute atomic E-state index is 11.8. The Hall–Kier alpha value is -1.14. The van der Waals surface area contributed by atoms with Crippen LogP contribution in [-0.4, -0.2) is 17.3 Å². The number of ether oxygens (including phenoxy) is 1. The van der Waals surface area contributed by atoms with Crippen molar-refractivity contribution in [2.45, 2.75) is 20.8 Å². The Morgan fingerprint density at radius 1 is 1.47 bits per heavy atom. The van der Waals surface area contributed by atoms with Crippen molar-refractivity contribution in [3.63, 3.8) is 0 Å². The predicted octanol–water partition coefficient (Wildman–Crippen LogP) is 4.00. The van der Waals surface area contributed by atoms with Gasteiger partial charge in [-0.2, -0.15) is 0 Å². The first-order chi connectivity index (χ1) is 8.62. The zero-order valence-electron chi connectivity index (χ0n) is 10.7. The van der Waals surface area contributed by atoms with E-state index in [0.717, 1.165) is 0 Å². The number of nitro groups is 1. The van der Waals surface area contributed by atoms with Crippen molar-refractivity contribution in [1.82, 2.24) is 0 Å². The van der Waals surface area contributed by atoms with Gasteiger partial charge in [-0.05, 0) is 22.0 Å². The molecule has 0 spiro atoms. The Bertz CT molecular complexity index is 525. The molecule has 0 saturated carbocycles. The average molecular weight is 351 g/mol. The lowest BCUT2D eigenvalue weighted by molar-refractivity contribution is -0.385. The first-order valence-electron chi connectivity index (χ1n) is 5.42. The van der Waals surface area contributed by atoms with Crippen molar-refractivity contribution >= 4 is 39.0 Å². The first kappa shape index (κ1) is 15.9. The summed E-state index contributed by atoms with van der Waals surface area (Å²) < 4.78 is 5.62. The van der Waals surface area contributed by atoms with E-state index < -0.39 is 10.3 Å². The van der Waals surface area contributed by atoms with Crippen molar-refractivity contribution in [2.75, 3.05) is 6.61 Å². The fraction of sp³-hybridized carbons (Fsp3) is 0.417. The molecule has 0 saturated heterocycles. The Morgan fingerprint density at radius 3 is 2.53 bits per heavy atom. The summed E-state index contributed by atoms with van der Waals surface area (Å²) in [5.41, 5.74) is -0.839. The number of nitrogens with zero attached hydrogens (tertiary/aromatic N) is 1. The van der Waals surface area contributed by atoms with Crippen LogP contribution >= 0.6 is 27.5 Å². The molecule has 0 atom stereocenters. The predicted molar refractivity (Wildman–Crippen MR) is 75.8 cm³/mol. The molecule has 0 fully saturated rings. The third-order valence-corrected chi connectivity index (χ3v) is 3.18. The van der Waals surface area contributed by atoms with E-state index in [1.807, 2.05) is 0 Å². The number of Topliss-reactive ketones (excluding diaryl/α,β-unsaturated/α-hetero) is 1. The molecule has 0 radical (unpaired) electrons. The van der Waals surface area contributed by atoms with Gasteiger partial charge in [0.05, 0.1) is 9.40 Å². The number of hydrogen-bond acceptors (Lipinski definition) is 4. The number of hydrogen-bond donors (Lipinski definition) is 0. The second kappa shape index (κ2) is 5.88. The van der Waals surface area contributed by atoms with Gasteiger partial charge in [-0.25, -0.2) is 0 Å². The molecule has 0 heterocycles. The molecule has 1 aromatic carbocycles. The second-order valence-electron chi connectivity index (χ2n) is 4.95. The highest BCUT2D eigenvalue weighted by atomic mass is 79.9. The third-order valence-electron chi connectivity index (χ3n) is 2.37. The molecule has 104 valence electrons. The van der Waals surface area contributed by atoms with E-state index in [4.69, 9.17) is 16.3 Å². The molecular formula is C12H13BrClNO4. The molecule has 0 bridgehead atoms. The molecule has 0 N–H and O–H groups in total. The minimum Gasteiger partial charge on any atom is -0.478 e. The Kier molecular flexibility index (Phi) is 4.92. The van der Waals surface area contributed by atoms with E-state index in [0.29, 0.717) is 4.47 Å². The van der Waals surface area contributed by atoms with Gasteiger partial charge in [0, 0.05) is 16.5 Å². The zero-order valence-corrected chi connectivity index (χ0v) is 13.0. The SMILES string of the molecule is CC(C)(C)C(=O)COc1c(Br)cc(Cl)cc1[N+](=O)[O-]. The fourth-order valence-electron chi connectivity index (χ4n) is 1.18. The molecule has 0 amide bonds. The lowest BCUT2D eigenvalue weighted by Gasteiger charge is -2.17. The van der Waals surface area contributed by atoms with Crippen LogP contribution in [-0.2, 0) is 4.79 Å². The number of rotatable bonds is 4. The topological polar surface area (TPSA) is 69.4 Å². The summed E-state index contributed by atoms with van der Waals surface area (Å²) in [6, 6.07) is 2.66. The molecule has 5 nitrogen and oxygen atoms in total. The van der Waals surface area contributed by atoms with Crippen LogP contribution in [0.4, 0.5) is 5.69 Å². The number of carbonyl (C=O) groups excluding carboxylic acids is 1. The second-order valence-corrected chi connectivity index (χ2v) is 6.25. The zero-order chi connectivity index (χ0) is 14.8. The molecule has 0 aromatic heterocycles. The van der Waals surface area contributed by atoms with Crippen LogP contribution in [0, 0.1) is 15.5 Å². The number of benzene rings is 1. The van der Waals surface area contributed by atoms with E-state index in [2.05, 4.69) is 15.9 Å². The van der Waals surface area contributed by atoms with Gasteiger partial charge >= 0.3 is 5.69 Å². The average Bonchev–Trinajstić information content (AvgIpc) is 2.24. The van der Waals surface area contributed by atoms with Crippen molar-refractivity contribution in [3.8, 4) is 5.75 Å². The molecule has 0 aliphatic carbocycles. The van der Waals surface area contributed by atoms with Gasteiger partial charge < -0.3 is 4.74 Å². The van der Waals surface area contributed by atoms with E-state index in [-0.39, 0.29) is 28.8 Å². The monoisotopic (exact) mass is 349 g/mol. The van der Waals surface area contributed by atoms with Crippen molar-refractivity contribution in [2.24, 2.45) is 5.41 Å². The highest BCUT2D eigenvalue weighted by Crippen LogP contribution is 2.38. The summed E-state index contributed by atoms with van der Waals surface area (Å²) in [5, 5.41) is 11.1. The van der Waals surface area contributed by atoms with Crippen molar-refractivity contribution in [3.05, 3.63) is 31.7 Å². The summed E-state index contributed by atoms with van der Waals surface area (Å²) in [5.74, 6) is -0.143. The third kappa shape index (κ3) is 4.18. The maximum atomic E-state index is 11.8. The fourth-order valence-corrected chi connectivity index (χ4v) is 2.09. The molecule has 0 aliphatic rings. The number of ketones is 1. The largest absolute Gasteiger partial charge is 0.478 e. The van der Waals surface area contributed by atoms with Crippen LogP contribution < -0.4 is 4.74 Å². The number of nitro benzene ring substituents is 1. The summed E-state index contributed by atoms with van der Waals surface area (Å²) >= 11 is 8.89. The van der Waals surface area contributed by atoms with Crippen molar-refractivity contribution in [1.29, 1.82) is 0 Å². The van der Waals surface area contributed by atoms with E-state index in [1.54, 1.807) is 20.8 Å². The van der Waals surface area contributed by atoms with Gasteiger partial charge in [0.2, 0.25) is 5.75 Å². The Labute approximate surface area is 124 Å². The number of halogens is 2. The molecular weight excluding hydrogens is 337 g/mol. The molecule has 1 aromatic rings. The minimum atomic E-state index is -0.604. The van der Waals surface area contributed by atoms with Gasteiger partial charge in [-0.3, -0.25) is 14.9 Å². The Balaban J connectivity index is 3.01. The van der Waals surface area contributed by atoms with Crippen LogP contribution in [0.5, 0.6) is 5.75 Å². The van der Waals surface area contributed by atoms with Crippen LogP contribution in [0.15, 0.2) is 16.6 Å². The van der Waals surface area contributed by atoms with Gasteiger partial charge in [0.15, 0.2) is 5.78 Å². The lowest BCUT2D eigenvalue weighted by atomic mass is 9.91. The van der Waals surface area contributed by atoms with Crippen LogP contribution in [0.1, 0.15) is 20.8 Å². The summed E-state index contributed by atoms with van der Waals surface area (Å²) in [6.45, 7) is 5.03. The van der Waals surface area contributed by atoms with Crippen LogP contribution in [0.2, 0.25) is 5.02 Å². The summed E-state index contributed by atoms with van der Waals surface area (Å²) in [4.78, 5) is 22.1. The van der Waals surface area contributed by atoms with Gasteiger partial charge in [0.25, 0.3) is 0 Å². The molecule has 1 rings (SSSR count). The first-order valence-corrected chi connectivity index (χ1v) is 6.59. The molecule has 19 heavy (non-hydrogen) atoms.